The average molecular weight is 205 g/mol. The van der Waals surface area contributed by atoms with Gasteiger partial charge in [-0.25, -0.2) is 4.79 Å². The third-order valence-electron chi connectivity index (χ3n) is 2.91. The second-order valence-electron chi connectivity index (χ2n) is 3.88. The molecule has 0 radical (unpaired) electrons. The number of esters is 1. The van der Waals surface area contributed by atoms with Crippen LogP contribution in [0.2, 0.25) is 0 Å². The molecule has 1 aromatic carbocycles. The normalized spacial score (nSPS) is 18.9. The molecule has 0 bridgehead atoms. The molecule has 2 rings (SSSR count). The van der Waals surface area contributed by atoms with Crippen LogP contribution in [0, 0.1) is 0 Å². The van der Waals surface area contributed by atoms with Crippen LogP contribution in [0.1, 0.15) is 35.2 Å². The van der Waals surface area contributed by atoms with Crippen LogP contribution in [-0.4, -0.2) is 19.6 Å². The lowest BCUT2D eigenvalue weighted by atomic mass is 9.90. The summed E-state index contributed by atoms with van der Waals surface area (Å²) in [5, 5.41) is 3.28. The molecule has 0 spiro atoms. The monoisotopic (exact) mass is 205 g/mol. The zero-order valence-corrected chi connectivity index (χ0v) is 9.04. The number of benzene rings is 1. The van der Waals surface area contributed by atoms with Crippen LogP contribution in [0.5, 0.6) is 0 Å². The molecule has 0 fully saturated rings. The average Bonchev–Trinajstić information content (AvgIpc) is 2.28. The number of methoxy groups -OCH3 is 1. The number of nitrogens with one attached hydrogen (secondary N) is 1. The van der Waals surface area contributed by atoms with Gasteiger partial charge in [-0.05, 0) is 24.0 Å². The summed E-state index contributed by atoms with van der Waals surface area (Å²) < 4.78 is 4.76. The fourth-order valence-corrected chi connectivity index (χ4v) is 2.03. The molecule has 0 aromatic heterocycles. The van der Waals surface area contributed by atoms with Gasteiger partial charge in [0.15, 0.2) is 0 Å². The Morgan fingerprint density at radius 3 is 3.07 bits per heavy atom. The Labute approximate surface area is 89.4 Å². The molecule has 15 heavy (non-hydrogen) atoms. The second kappa shape index (κ2) is 3.93. The first-order valence-electron chi connectivity index (χ1n) is 5.19. The van der Waals surface area contributed by atoms with Gasteiger partial charge >= 0.3 is 5.97 Å². The number of anilines is 1. The van der Waals surface area contributed by atoms with Crippen molar-refractivity contribution in [1.82, 2.24) is 0 Å². The molecule has 3 nitrogen and oxygen atoms in total. The van der Waals surface area contributed by atoms with Crippen LogP contribution in [-0.2, 0) is 4.74 Å². The summed E-state index contributed by atoms with van der Waals surface area (Å²) >= 11 is 0. The minimum absolute atomic E-state index is 0.270. The summed E-state index contributed by atoms with van der Waals surface area (Å²) in [5.74, 6) is 0.235. The summed E-state index contributed by atoms with van der Waals surface area (Å²) in [7, 11) is 1.41. The zero-order valence-electron chi connectivity index (χ0n) is 9.04. The van der Waals surface area contributed by atoms with E-state index in [0.717, 1.165) is 18.7 Å². The van der Waals surface area contributed by atoms with Crippen LogP contribution in [0.15, 0.2) is 18.2 Å². The molecular weight excluding hydrogens is 190 g/mol. The van der Waals surface area contributed by atoms with Gasteiger partial charge in [0, 0.05) is 6.54 Å². The van der Waals surface area contributed by atoms with Crippen molar-refractivity contribution in [3.8, 4) is 0 Å². The molecule has 3 heteroatoms. The molecule has 1 N–H and O–H groups in total. The van der Waals surface area contributed by atoms with Gasteiger partial charge in [0.1, 0.15) is 0 Å². The maximum atomic E-state index is 11.5. The maximum Gasteiger partial charge on any atom is 0.339 e. The topological polar surface area (TPSA) is 38.3 Å². The molecule has 1 aliphatic heterocycles. The lowest BCUT2D eigenvalue weighted by Crippen LogP contribution is -2.18. The van der Waals surface area contributed by atoms with E-state index in [9.17, 15) is 4.79 Å². The van der Waals surface area contributed by atoms with E-state index in [1.165, 1.54) is 12.7 Å². The molecule has 1 heterocycles. The van der Waals surface area contributed by atoms with E-state index in [4.69, 9.17) is 4.74 Å². The minimum atomic E-state index is -0.270. The number of rotatable bonds is 1. The lowest BCUT2D eigenvalue weighted by Gasteiger charge is -2.25. The van der Waals surface area contributed by atoms with E-state index >= 15 is 0 Å². The number of fused-ring (bicyclic) bond motifs is 1. The highest BCUT2D eigenvalue weighted by Crippen LogP contribution is 2.33. The lowest BCUT2D eigenvalue weighted by molar-refractivity contribution is 0.0601. The van der Waals surface area contributed by atoms with Gasteiger partial charge in [0.25, 0.3) is 0 Å². The summed E-state index contributed by atoms with van der Waals surface area (Å²) in [4.78, 5) is 11.5. The Hall–Kier alpha value is -1.51. The largest absolute Gasteiger partial charge is 0.465 e. The Balaban J connectivity index is 2.49. The number of hydrogen-bond donors (Lipinski definition) is 1. The molecule has 1 aromatic rings. The Morgan fingerprint density at radius 1 is 1.53 bits per heavy atom. The highest BCUT2D eigenvalue weighted by molar-refractivity contribution is 5.96. The van der Waals surface area contributed by atoms with Crippen molar-refractivity contribution in [2.24, 2.45) is 0 Å². The van der Waals surface area contributed by atoms with Gasteiger partial charge in [0.2, 0.25) is 0 Å². The first-order valence-corrected chi connectivity index (χ1v) is 5.19. The Kier molecular flexibility index (Phi) is 2.62. The first-order chi connectivity index (χ1) is 7.24. The van der Waals surface area contributed by atoms with E-state index in [-0.39, 0.29) is 5.97 Å². The molecule has 80 valence electrons. The van der Waals surface area contributed by atoms with Gasteiger partial charge < -0.3 is 10.1 Å². The third-order valence-corrected chi connectivity index (χ3v) is 2.91. The highest BCUT2D eigenvalue weighted by Gasteiger charge is 2.21. The third kappa shape index (κ3) is 1.69. The Morgan fingerprint density at radius 2 is 2.33 bits per heavy atom. The van der Waals surface area contributed by atoms with Gasteiger partial charge in [0.05, 0.1) is 18.4 Å². The summed E-state index contributed by atoms with van der Waals surface area (Å²) in [6, 6.07) is 5.78. The predicted molar refractivity (Wildman–Crippen MR) is 59.3 cm³/mol. The summed E-state index contributed by atoms with van der Waals surface area (Å²) in [6.07, 6.45) is 1.11. The number of para-hydroxylation sites is 1. The summed E-state index contributed by atoms with van der Waals surface area (Å²) in [6.45, 7) is 3.10. The van der Waals surface area contributed by atoms with Crippen LogP contribution < -0.4 is 5.32 Å². The van der Waals surface area contributed by atoms with E-state index in [1.54, 1.807) is 6.07 Å². The van der Waals surface area contributed by atoms with Crippen molar-refractivity contribution in [3.05, 3.63) is 29.3 Å². The molecule has 0 aliphatic carbocycles. The number of carbonyl (C=O) groups excluding carboxylic acids is 1. The van der Waals surface area contributed by atoms with Crippen molar-refractivity contribution in [2.75, 3.05) is 19.0 Å². The predicted octanol–water partition coefficient (Wildman–Crippen LogP) is 2.39. The standard InChI is InChI=1S/C12H15NO2/c1-8-6-7-13-11-9(8)4-3-5-10(11)12(14)15-2/h3-5,8,13H,6-7H2,1-2H3. The van der Waals surface area contributed by atoms with Gasteiger partial charge in [-0.1, -0.05) is 19.1 Å². The van der Waals surface area contributed by atoms with Crippen LogP contribution in [0.25, 0.3) is 0 Å². The van der Waals surface area contributed by atoms with Crippen molar-refractivity contribution in [1.29, 1.82) is 0 Å². The highest BCUT2D eigenvalue weighted by atomic mass is 16.5. The number of carbonyl (C=O) groups is 1. The maximum absolute atomic E-state index is 11.5. The van der Waals surface area contributed by atoms with Crippen molar-refractivity contribution >= 4 is 11.7 Å². The smallest absolute Gasteiger partial charge is 0.339 e. The van der Waals surface area contributed by atoms with Crippen molar-refractivity contribution in [3.63, 3.8) is 0 Å². The number of hydrogen-bond acceptors (Lipinski definition) is 3. The molecule has 1 unspecified atom stereocenters. The molecular formula is C12H15NO2. The van der Waals surface area contributed by atoms with E-state index in [1.807, 2.05) is 6.07 Å². The summed E-state index contributed by atoms with van der Waals surface area (Å²) in [5.41, 5.74) is 2.80. The van der Waals surface area contributed by atoms with Gasteiger partial charge in [-0.2, -0.15) is 0 Å². The van der Waals surface area contributed by atoms with E-state index < -0.39 is 0 Å². The second-order valence-corrected chi connectivity index (χ2v) is 3.88. The first kappa shape index (κ1) is 10.0. The van der Waals surface area contributed by atoms with E-state index in [0.29, 0.717) is 11.5 Å². The minimum Gasteiger partial charge on any atom is -0.465 e. The van der Waals surface area contributed by atoms with Gasteiger partial charge in [-0.3, -0.25) is 0 Å². The molecule has 0 saturated carbocycles. The van der Waals surface area contributed by atoms with Crippen LogP contribution in [0.3, 0.4) is 0 Å². The molecule has 0 amide bonds. The van der Waals surface area contributed by atoms with Gasteiger partial charge in [-0.15, -0.1) is 0 Å². The van der Waals surface area contributed by atoms with Crippen LogP contribution in [0.4, 0.5) is 5.69 Å². The van der Waals surface area contributed by atoms with Crippen molar-refractivity contribution in [2.45, 2.75) is 19.3 Å². The van der Waals surface area contributed by atoms with Crippen molar-refractivity contribution < 1.29 is 9.53 Å². The molecule has 1 atom stereocenters. The molecule has 0 saturated heterocycles. The van der Waals surface area contributed by atoms with E-state index in [2.05, 4.69) is 18.3 Å². The fraction of sp³-hybridized carbons (Fsp3) is 0.417. The van der Waals surface area contributed by atoms with Crippen LogP contribution >= 0.6 is 0 Å². The number of ether oxygens (including phenoxy) is 1. The zero-order chi connectivity index (χ0) is 10.8. The Bertz CT molecular complexity index is 387. The quantitative estimate of drug-likeness (QED) is 0.715. The molecule has 1 aliphatic rings. The fourth-order valence-electron chi connectivity index (χ4n) is 2.03. The SMILES string of the molecule is COC(=O)c1cccc2c1NCCC2C.